The highest BCUT2D eigenvalue weighted by molar-refractivity contribution is 5.92. The summed E-state index contributed by atoms with van der Waals surface area (Å²) in [6.07, 6.45) is 6.81. The van der Waals surface area contributed by atoms with Crippen molar-refractivity contribution in [2.45, 2.75) is 13.2 Å². The van der Waals surface area contributed by atoms with Gasteiger partial charge in [-0.3, -0.25) is 14.7 Å². The van der Waals surface area contributed by atoms with Crippen molar-refractivity contribution in [2.75, 3.05) is 33.3 Å². The van der Waals surface area contributed by atoms with E-state index < -0.39 is 0 Å². The highest BCUT2D eigenvalue weighted by Gasteiger charge is 2.20. The highest BCUT2D eigenvalue weighted by Crippen LogP contribution is 2.26. The number of methoxy groups -OCH3 is 1. The molecule has 1 amide bonds. The zero-order chi connectivity index (χ0) is 22.2. The fourth-order valence-corrected chi connectivity index (χ4v) is 3.57. The van der Waals surface area contributed by atoms with Gasteiger partial charge in [-0.05, 0) is 48.5 Å². The van der Waals surface area contributed by atoms with E-state index in [2.05, 4.69) is 9.88 Å². The monoisotopic (exact) mass is 433 g/mol. The molecule has 166 valence electrons. The second kappa shape index (κ2) is 10.6. The molecule has 0 aliphatic carbocycles. The number of ether oxygens (including phenoxy) is 2. The maximum Gasteiger partial charge on any atom is 0.246 e. The molecule has 0 spiro atoms. The number of amides is 1. The number of rotatable bonds is 8. The summed E-state index contributed by atoms with van der Waals surface area (Å²) in [4.78, 5) is 21.2. The lowest BCUT2D eigenvalue weighted by Crippen LogP contribution is -2.47. The van der Waals surface area contributed by atoms with E-state index in [1.807, 2.05) is 53.4 Å². The van der Waals surface area contributed by atoms with E-state index in [4.69, 9.17) is 13.9 Å². The van der Waals surface area contributed by atoms with Crippen LogP contribution < -0.4 is 9.47 Å². The molecule has 3 aromatic rings. The molecule has 7 nitrogen and oxygen atoms in total. The highest BCUT2D eigenvalue weighted by atomic mass is 16.5. The van der Waals surface area contributed by atoms with E-state index in [9.17, 15) is 4.79 Å². The van der Waals surface area contributed by atoms with Gasteiger partial charge in [-0.25, -0.2) is 0 Å². The summed E-state index contributed by atoms with van der Waals surface area (Å²) in [6, 6.07) is 15.1. The van der Waals surface area contributed by atoms with Crippen LogP contribution in [-0.4, -0.2) is 54.0 Å². The van der Waals surface area contributed by atoms with Crippen molar-refractivity contribution in [1.82, 2.24) is 14.8 Å². The molecule has 0 bridgehead atoms. The molecule has 7 heteroatoms. The van der Waals surface area contributed by atoms with Crippen molar-refractivity contribution in [3.63, 3.8) is 0 Å². The van der Waals surface area contributed by atoms with Crippen LogP contribution in [0.2, 0.25) is 0 Å². The second-order valence-corrected chi connectivity index (χ2v) is 7.53. The summed E-state index contributed by atoms with van der Waals surface area (Å²) in [5.41, 5.74) is 1.62. The summed E-state index contributed by atoms with van der Waals surface area (Å²) in [5, 5.41) is 0. The summed E-state index contributed by atoms with van der Waals surface area (Å²) < 4.78 is 16.7. The van der Waals surface area contributed by atoms with Crippen molar-refractivity contribution in [3.8, 4) is 11.5 Å². The van der Waals surface area contributed by atoms with Crippen molar-refractivity contribution in [3.05, 3.63) is 84.1 Å². The average Bonchev–Trinajstić information content (AvgIpc) is 3.35. The SMILES string of the molecule is COc1ccc(OCc2ccccn2)c(/C=C/C(=O)N2CCN(Cc3ccco3)CC2)c1. The van der Waals surface area contributed by atoms with Gasteiger partial charge in [0.05, 0.1) is 25.6 Å². The number of carbonyl (C=O) groups is 1. The Balaban J connectivity index is 1.36. The molecule has 2 aromatic heterocycles. The van der Waals surface area contributed by atoms with Crippen LogP contribution in [0.5, 0.6) is 11.5 Å². The van der Waals surface area contributed by atoms with Crippen LogP contribution in [0.15, 0.2) is 71.5 Å². The van der Waals surface area contributed by atoms with E-state index >= 15 is 0 Å². The Morgan fingerprint density at radius 1 is 1.12 bits per heavy atom. The van der Waals surface area contributed by atoms with Gasteiger partial charge >= 0.3 is 0 Å². The Kier molecular flexibility index (Phi) is 7.19. The molecule has 1 saturated heterocycles. The minimum atomic E-state index is -0.0128. The van der Waals surface area contributed by atoms with Crippen molar-refractivity contribution in [2.24, 2.45) is 0 Å². The molecule has 3 heterocycles. The first-order valence-electron chi connectivity index (χ1n) is 10.6. The van der Waals surface area contributed by atoms with Gasteiger partial charge in [0.25, 0.3) is 0 Å². The minimum absolute atomic E-state index is 0.0128. The fourth-order valence-electron chi connectivity index (χ4n) is 3.57. The van der Waals surface area contributed by atoms with Gasteiger partial charge in [0.1, 0.15) is 23.9 Å². The van der Waals surface area contributed by atoms with Gasteiger partial charge in [0, 0.05) is 44.0 Å². The first kappa shape index (κ1) is 21.6. The number of furan rings is 1. The Morgan fingerprint density at radius 3 is 2.72 bits per heavy atom. The van der Waals surface area contributed by atoms with Crippen LogP contribution >= 0.6 is 0 Å². The average molecular weight is 434 g/mol. The lowest BCUT2D eigenvalue weighted by atomic mass is 10.1. The molecular weight excluding hydrogens is 406 g/mol. The zero-order valence-electron chi connectivity index (χ0n) is 18.1. The van der Waals surface area contributed by atoms with Crippen LogP contribution in [0.3, 0.4) is 0 Å². The summed E-state index contributed by atoms with van der Waals surface area (Å²) in [6.45, 7) is 4.12. The topological polar surface area (TPSA) is 68.0 Å². The van der Waals surface area contributed by atoms with Gasteiger partial charge in [-0.15, -0.1) is 0 Å². The number of aromatic nitrogens is 1. The first-order valence-corrected chi connectivity index (χ1v) is 10.6. The molecule has 1 aliphatic rings. The van der Waals surface area contributed by atoms with Crippen LogP contribution in [0.25, 0.3) is 6.08 Å². The molecule has 0 radical (unpaired) electrons. The van der Waals surface area contributed by atoms with Gasteiger partial charge < -0.3 is 18.8 Å². The van der Waals surface area contributed by atoms with Gasteiger partial charge in [-0.1, -0.05) is 6.07 Å². The number of nitrogens with zero attached hydrogens (tertiary/aromatic N) is 3. The number of hydrogen-bond acceptors (Lipinski definition) is 6. The predicted octanol–water partition coefficient (Wildman–Crippen LogP) is 3.62. The summed E-state index contributed by atoms with van der Waals surface area (Å²) >= 11 is 0. The number of piperazine rings is 1. The molecule has 0 N–H and O–H groups in total. The number of benzene rings is 1. The third-order valence-electron chi connectivity index (χ3n) is 5.37. The molecular formula is C25H27N3O4. The van der Waals surface area contributed by atoms with Crippen LogP contribution in [0.4, 0.5) is 0 Å². The molecule has 1 aromatic carbocycles. The van der Waals surface area contributed by atoms with E-state index in [-0.39, 0.29) is 5.91 Å². The summed E-state index contributed by atoms with van der Waals surface area (Å²) in [7, 11) is 1.62. The predicted molar refractivity (Wildman–Crippen MR) is 121 cm³/mol. The molecule has 0 unspecified atom stereocenters. The molecule has 1 aliphatic heterocycles. The van der Waals surface area contributed by atoms with E-state index in [0.717, 1.165) is 36.7 Å². The third kappa shape index (κ3) is 5.76. The number of pyridine rings is 1. The fraction of sp³-hybridized carbons (Fsp3) is 0.280. The van der Waals surface area contributed by atoms with Crippen LogP contribution in [0, 0.1) is 0 Å². The zero-order valence-corrected chi connectivity index (χ0v) is 18.1. The Morgan fingerprint density at radius 2 is 2.00 bits per heavy atom. The van der Waals surface area contributed by atoms with Crippen molar-refractivity contribution < 1.29 is 18.7 Å². The van der Waals surface area contributed by atoms with E-state index in [1.165, 1.54) is 0 Å². The van der Waals surface area contributed by atoms with Crippen LogP contribution in [-0.2, 0) is 17.9 Å². The van der Waals surface area contributed by atoms with Crippen molar-refractivity contribution in [1.29, 1.82) is 0 Å². The van der Waals surface area contributed by atoms with Gasteiger partial charge in [-0.2, -0.15) is 0 Å². The van der Waals surface area contributed by atoms with E-state index in [0.29, 0.717) is 31.2 Å². The molecule has 0 saturated carbocycles. The standard InChI is InChI=1S/C25H27N3O4/c1-30-22-8-9-24(32-19-21-5-2-3-11-26-21)20(17-22)7-10-25(29)28-14-12-27(13-15-28)18-23-6-4-16-31-23/h2-11,16-17H,12-15,18-19H2,1H3/b10-7+. The molecule has 1 fully saturated rings. The largest absolute Gasteiger partial charge is 0.497 e. The summed E-state index contributed by atoms with van der Waals surface area (Å²) in [5.74, 6) is 2.31. The Bertz CT molecular complexity index is 1030. The Labute approximate surface area is 187 Å². The first-order chi connectivity index (χ1) is 15.7. The second-order valence-electron chi connectivity index (χ2n) is 7.53. The number of hydrogen-bond donors (Lipinski definition) is 0. The van der Waals surface area contributed by atoms with E-state index in [1.54, 1.807) is 31.7 Å². The van der Waals surface area contributed by atoms with Gasteiger partial charge in [0.15, 0.2) is 0 Å². The molecule has 32 heavy (non-hydrogen) atoms. The maximum absolute atomic E-state index is 12.8. The number of carbonyl (C=O) groups excluding carboxylic acids is 1. The van der Waals surface area contributed by atoms with Gasteiger partial charge in [0.2, 0.25) is 5.91 Å². The smallest absolute Gasteiger partial charge is 0.246 e. The molecule has 4 rings (SSSR count). The lowest BCUT2D eigenvalue weighted by Gasteiger charge is -2.33. The van der Waals surface area contributed by atoms with Crippen LogP contribution in [0.1, 0.15) is 17.0 Å². The normalized spacial score (nSPS) is 14.6. The molecule has 0 atom stereocenters. The minimum Gasteiger partial charge on any atom is -0.497 e. The Hall–Kier alpha value is -3.58. The third-order valence-corrected chi connectivity index (χ3v) is 5.37. The quantitative estimate of drug-likeness (QED) is 0.506. The maximum atomic E-state index is 12.8. The lowest BCUT2D eigenvalue weighted by molar-refractivity contribution is -0.127. The van der Waals surface area contributed by atoms with Crippen molar-refractivity contribution >= 4 is 12.0 Å².